The van der Waals surface area contributed by atoms with E-state index in [-0.39, 0.29) is 0 Å². The molecule has 0 saturated carbocycles. The molecule has 0 saturated heterocycles. The molecule has 0 heterocycles. The minimum Gasteiger partial charge on any atom is -0.398 e. The lowest BCUT2D eigenvalue weighted by Crippen LogP contribution is -2.13. The summed E-state index contributed by atoms with van der Waals surface area (Å²) in [6.45, 7) is 5.32. The number of benzene rings is 1. The molecule has 0 radical (unpaired) electrons. The number of hydrogen-bond donors (Lipinski definition) is 2. The Balaban J connectivity index is 2.35. The molecule has 0 aliphatic heterocycles. The van der Waals surface area contributed by atoms with E-state index >= 15 is 0 Å². The van der Waals surface area contributed by atoms with E-state index in [4.69, 9.17) is 10.5 Å². The average Bonchev–Trinajstić information content (AvgIpc) is 2.29. The van der Waals surface area contributed by atoms with Crippen molar-refractivity contribution in [1.82, 2.24) is 0 Å². The molecule has 17 heavy (non-hydrogen) atoms. The Bertz CT molecular complexity index is 328. The summed E-state index contributed by atoms with van der Waals surface area (Å²) in [4.78, 5) is 0. The van der Waals surface area contributed by atoms with Gasteiger partial charge in [-0.1, -0.05) is 38.5 Å². The van der Waals surface area contributed by atoms with Crippen LogP contribution in [0.15, 0.2) is 24.3 Å². The van der Waals surface area contributed by atoms with E-state index in [1.807, 2.05) is 18.2 Å². The second-order valence-corrected chi connectivity index (χ2v) is 4.58. The Morgan fingerprint density at radius 3 is 2.65 bits per heavy atom. The lowest BCUT2D eigenvalue weighted by Gasteiger charge is -2.15. The van der Waals surface area contributed by atoms with Crippen molar-refractivity contribution in [3.05, 3.63) is 29.8 Å². The van der Waals surface area contributed by atoms with Crippen LogP contribution in [-0.2, 0) is 4.74 Å². The van der Waals surface area contributed by atoms with Crippen molar-refractivity contribution in [1.29, 1.82) is 0 Å². The third kappa shape index (κ3) is 4.75. The van der Waals surface area contributed by atoms with E-state index in [1.54, 1.807) is 6.07 Å². The van der Waals surface area contributed by atoms with Crippen molar-refractivity contribution in [3.63, 3.8) is 0 Å². The number of aliphatic hydroxyl groups is 1. The highest BCUT2D eigenvalue weighted by atomic mass is 16.5. The van der Waals surface area contributed by atoms with Gasteiger partial charge in [0.05, 0.1) is 6.61 Å². The topological polar surface area (TPSA) is 55.5 Å². The van der Waals surface area contributed by atoms with E-state index in [1.165, 1.54) is 6.42 Å². The first-order valence-corrected chi connectivity index (χ1v) is 6.25. The number of ether oxygens (including phenoxy) is 1. The highest BCUT2D eigenvalue weighted by Gasteiger charge is 2.11. The number of nitrogens with two attached hydrogens (primary N) is 1. The van der Waals surface area contributed by atoms with Gasteiger partial charge in [-0.2, -0.15) is 0 Å². The third-order valence-corrected chi connectivity index (χ3v) is 2.81. The van der Waals surface area contributed by atoms with Crippen molar-refractivity contribution in [2.45, 2.75) is 32.8 Å². The normalized spacial score (nSPS) is 14.5. The maximum absolute atomic E-state index is 9.94. The largest absolute Gasteiger partial charge is 0.398 e. The van der Waals surface area contributed by atoms with Crippen molar-refractivity contribution >= 4 is 5.69 Å². The fraction of sp³-hybridized carbons (Fsp3) is 0.571. The highest BCUT2D eigenvalue weighted by molar-refractivity contribution is 5.47. The van der Waals surface area contributed by atoms with Gasteiger partial charge in [0.1, 0.15) is 6.10 Å². The van der Waals surface area contributed by atoms with Crippen LogP contribution >= 0.6 is 0 Å². The molecule has 0 aliphatic carbocycles. The standard InChI is InChI=1S/C14H23NO2/c1-3-6-11(2)9-17-10-14(16)12-7-4-5-8-13(12)15/h4-5,7-8,11,14,16H,3,6,9-10,15H2,1-2H3. The van der Waals surface area contributed by atoms with Crippen LogP contribution in [0.1, 0.15) is 38.4 Å². The van der Waals surface area contributed by atoms with Gasteiger partial charge in [-0.3, -0.25) is 0 Å². The van der Waals surface area contributed by atoms with Gasteiger partial charge < -0.3 is 15.6 Å². The van der Waals surface area contributed by atoms with Crippen molar-refractivity contribution in [3.8, 4) is 0 Å². The summed E-state index contributed by atoms with van der Waals surface area (Å²) in [5.41, 5.74) is 7.15. The summed E-state index contributed by atoms with van der Waals surface area (Å²) in [7, 11) is 0. The Labute approximate surface area is 104 Å². The average molecular weight is 237 g/mol. The van der Waals surface area contributed by atoms with E-state index in [2.05, 4.69) is 13.8 Å². The van der Waals surface area contributed by atoms with Crippen LogP contribution in [0.2, 0.25) is 0 Å². The number of para-hydroxylation sites is 1. The maximum atomic E-state index is 9.94. The zero-order chi connectivity index (χ0) is 12.7. The van der Waals surface area contributed by atoms with Crippen LogP contribution in [0.5, 0.6) is 0 Å². The monoisotopic (exact) mass is 237 g/mol. The molecule has 1 aromatic carbocycles. The molecule has 0 bridgehead atoms. The Kier molecular flexibility index (Phi) is 6.01. The Morgan fingerprint density at radius 2 is 2.00 bits per heavy atom. The van der Waals surface area contributed by atoms with E-state index in [9.17, 15) is 5.11 Å². The fourth-order valence-electron chi connectivity index (χ4n) is 1.86. The first-order chi connectivity index (χ1) is 8.15. The Morgan fingerprint density at radius 1 is 1.29 bits per heavy atom. The molecular weight excluding hydrogens is 214 g/mol. The number of rotatable bonds is 7. The van der Waals surface area contributed by atoms with Gasteiger partial charge in [0.15, 0.2) is 0 Å². The van der Waals surface area contributed by atoms with E-state index < -0.39 is 6.10 Å². The number of anilines is 1. The van der Waals surface area contributed by atoms with Gasteiger partial charge >= 0.3 is 0 Å². The van der Waals surface area contributed by atoms with Crippen LogP contribution in [-0.4, -0.2) is 18.3 Å². The van der Waals surface area contributed by atoms with Crippen molar-refractivity contribution in [2.75, 3.05) is 18.9 Å². The third-order valence-electron chi connectivity index (χ3n) is 2.81. The van der Waals surface area contributed by atoms with Gasteiger partial charge in [0, 0.05) is 17.9 Å². The van der Waals surface area contributed by atoms with Crippen LogP contribution in [0, 0.1) is 5.92 Å². The first kappa shape index (κ1) is 14.0. The summed E-state index contributed by atoms with van der Waals surface area (Å²) in [5, 5.41) is 9.94. The molecule has 2 atom stereocenters. The number of aliphatic hydroxyl groups excluding tert-OH is 1. The molecule has 3 nitrogen and oxygen atoms in total. The second kappa shape index (κ2) is 7.30. The van der Waals surface area contributed by atoms with Crippen LogP contribution in [0.25, 0.3) is 0 Å². The molecule has 0 aromatic heterocycles. The predicted molar refractivity (Wildman–Crippen MR) is 70.7 cm³/mol. The van der Waals surface area contributed by atoms with E-state index in [0.717, 1.165) is 12.0 Å². The summed E-state index contributed by atoms with van der Waals surface area (Å²) in [5.74, 6) is 0.542. The molecule has 0 aliphatic rings. The van der Waals surface area contributed by atoms with Crippen LogP contribution < -0.4 is 5.73 Å². The van der Waals surface area contributed by atoms with Crippen molar-refractivity contribution < 1.29 is 9.84 Å². The molecule has 3 heteroatoms. The molecule has 3 N–H and O–H groups in total. The van der Waals surface area contributed by atoms with Crippen LogP contribution in [0.3, 0.4) is 0 Å². The molecule has 2 unspecified atom stereocenters. The predicted octanol–water partition coefficient (Wildman–Crippen LogP) is 2.75. The molecule has 0 amide bonds. The molecule has 0 fully saturated rings. The Hall–Kier alpha value is -1.06. The first-order valence-electron chi connectivity index (χ1n) is 6.25. The van der Waals surface area contributed by atoms with Gasteiger partial charge in [0.25, 0.3) is 0 Å². The minimum atomic E-state index is -0.634. The minimum absolute atomic E-state index is 0.308. The van der Waals surface area contributed by atoms with Crippen molar-refractivity contribution in [2.24, 2.45) is 5.92 Å². The number of hydrogen-bond acceptors (Lipinski definition) is 3. The molecule has 1 rings (SSSR count). The van der Waals surface area contributed by atoms with Gasteiger partial charge in [-0.05, 0) is 18.4 Å². The van der Waals surface area contributed by atoms with Crippen LogP contribution in [0.4, 0.5) is 5.69 Å². The number of nitrogen functional groups attached to an aromatic ring is 1. The quantitative estimate of drug-likeness (QED) is 0.717. The molecule has 96 valence electrons. The summed E-state index contributed by atoms with van der Waals surface area (Å²) in [6.07, 6.45) is 1.69. The highest BCUT2D eigenvalue weighted by Crippen LogP contribution is 2.20. The lowest BCUT2D eigenvalue weighted by atomic mass is 10.1. The molecular formula is C14H23NO2. The lowest BCUT2D eigenvalue weighted by molar-refractivity contribution is 0.0218. The van der Waals surface area contributed by atoms with Gasteiger partial charge in [-0.25, -0.2) is 0 Å². The zero-order valence-electron chi connectivity index (χ0n) is 10.7. The molecule has 0 spiro atoms. The summed E-state index contributed by atoms with van der Waals surface area (Å²) < 4.78 is 5.51. The van der Waals surface area contributed by atoms with E-state index in [0.29, 0.717) is 24.8 Å². The maximum Gasteiger partial charge on any atom is 0.104 e. The zero-order valence-corrected chi connectivity index (χ0v) is 10.7. The summed E-state index contributed by atoms with van der Waals surface area (Å²) in [6, 6.07) is 7.35. The summed E-state index contributed by atoms with van der Waals surface area (Å²) >= 11 is 0. The van der Waals surface area contributed by atoms with Gasteiger partial charge in [0.2, 0.25) is 0 Å². The SMILES string of the molecule is CCCC(C)COCC(O)c1ccccc1N. The van der Waals surface area contributed by atoms with Gasteiger partial charge in [-0.15, -0.1) is 0 Å². The molecule has 1 aromatic rings. The fourth-order valence-corrected chi connectivity index (χ4v) is 1.86. The second-order valence-electron chi connectivity index (χ2n) is 4.58. The smallest absolute Gasteiger partial charge is 0.104 e.